The molecule has 9 nitrogen and oxygen atoms in total. The van der Waals surface area contributed by atoms with Crippen molar-refractivity contribution in [1.82, 2.24) is 30.5 Å². The van der Waals surface area contributed by atoms with E-state index < -0.39 is 0 Å². The summed E-state index contributed by atoms with van der Waals surface area (Å²) in [5.41, 5.74) is 3.73. The van der Waals surface area contributed by atoms with Crippen LogP contribution in [-0.4, -0.2) is 61.5 Å². The summed E-state index contributed by atoms with van der Waals surface area (Å²) in [7, 11) is 3.22. The number of nitrogens with zero attached hydrogens (tertiary/aromatic N) is 4. The molecule has 1 fully saturated rings. The van der Waals surface area contributed by atoms with E-state index in [0.29, 0.717) is 45.9 Å². The predicted octanol–water partition coefficient (Wildman–Crippen LogP) is 4.20. The number of aryl methyl sites for hydroxylation is 1. The van der Waals surface area contributed by atoms with Gasteiger partial charge in [-0.1, -0.05) is 35.3 Å². The van der Waals surface area contributed by atoms with E-state index in [-0.39, 0.29) is 5.91 Å². The second-order valence-corrected chi connectivity index (χ2v) is 9.52. The zero-order valence-corrected chi connectivity index (χ0v) is 20.7. The Kier molecular flexibility index (Phi) is 6.51. The van der Waals surface area contributed by atoms with Gasteiger partial charge >= 0.3 is 0 Å². The molecule has 35 heavy (non-hydrogen) atoms. The zero-order chi connectivity index (χ0) is 24.4. The minimum Gasteiger partial charge on any atom is -0.493 e. The summed E-state index contributed by atoms with van der Waals surface area (Å²) in [5, 5.41) is 15.0. The third-order valence-corrected chi connectivity index (χ3v) is 7.09. The molecule has 11 heteroatoms. The molecule has 2 aromatic heterocycles. The predicted molar refractivity (Wildman–Crippen MR) is 139 cm³/mol. The molecule has 5 rings (SSSR count). The minimum absolute atomic E-state index is 0.113. The second kappa shape index (κ2) is 9.88. The molecule has 0 atom stereocenters. The maximum Gasteiger partial charge on any atom is 0.266 e. The average molecular weight is 507 g/mol. The van der Waals surface area contributed by atoms with Gasteiger partial charge in [-0.3, -0.25) is 9.69 Å². The molecule has 0 saturated carbocycles. The molecule has 1 aliphatic rings. The van der Waals surface area contributed by atoms with Gasteiger partial charge in [-0.2, -0.15) is 5.21 Å². The highest BCUT2D eigenvalue weighted by Crippen LogP contribution is 2.41. The first kappa shape index (κ1) is 23.1. The van der Waals surface area contributed by atoms with Gasteiger partial charge in [-0.05, 0) is 59.3 Å². The van der Waals surface area contributed by atoms with Crippen molar-refractivity contribution in [2.45, 2.75) is 12.8 Å². The summed E-state index contributed by atoms with van der Waals surface area (Å²) in [6.07, 6.45) is 5.05. The molecule has 2 aromatic carbocycles. The van der Waals surface area contributed by atoms with E-state index in [1.807, 2.05) is 42.6 Å². The lowest BCUT2D eigenvalue weighted by atomic mass is 9.99. The number of ether oxygens (including phenoxy) is 2. The Morgan fingerprint density at radius 1 is 1.17 bits per heavy atom. The molecule has 2 N–H and O–H groups in total. The Balaban J connectivity index is 1.44. The number of rotatable bonds is 8. The van der Waals surface area contributed by atoms with Crippen LogP contribution in [0.1, 0.15) is 17.8 Å². The molecule has 3 heterocycles. The minimum atomic E-state index is -0.113. The van der Waals surface area contributed by atoms with E-state index in [1.54, 1.807) is 19.1 Å². The number of aromatic nitrogens is 5. The van der Waals surface area contributed by atoms with Gasteiger partial charge in [0.25, 0.3) is 5.91 Å². The normalized spacial score (nSPS) is 14.9. The number of tetrazole rings is 1. The molecule has 0 spiro atoms. The van der Waals surface area contributed by atoms with Crippen molar-refractivity contribution in [3.63, 3.8) is 0 Å². The van der Waals surface area contributed by atoms with Crippen LogP contribution in [0, 0.1) is 0 Å². The van der Waals surface area contributed by atoms with E-state index in [2.05, 4.69) is 31.7 Å². The Morgan fingerprint density at radius 3 is 2.83 bits per heavy atom. The second-order valence-electron chi connectivity index (χ2n) is 7.85. The number of hydrogen-bond donors (Lipinski definition) is 2. The molecule has 1 aliphatic heterocycles. The topological polar surface area (TPSA) is 109 Å². The summed E-state index contributed by atoms with van der Waals surface area (Å²) >= 11 is 6.78. The third kappa shape index (κ3) is 4.64. The van der Waals surface area contributed by atoms with Crippen LogP contribution >= 0.6 is 24.0 Å². The highest BCUT2D eigenvalue weighted by molar-refractivity contribution is 8.26. The van der Waals surface area contributed by atoms with Gasteiger partial charge in [0.05, 0.1) is 19.1 Å². The van der Waals surface area contributed by atoms with Gasteiger partial charge in [-0.25, -0.2) is 0 Å². The van der Waals surface area contributed by atoms with Crippen molar-refractivity contribution in [3.8, 4) is 22.6 Å². The highest BCUT2D eigenvalue weighted by atomic mass is 32.2. The van der Waals surface area contributed by atoms with Gasteiger partial charge in [0.15, 0.2) is 17.3 Å². The number of H-pyrrole nitrogens is 2. The van der Waals surface area contributed by atoms with Crippen LogP contribution in [0.15, 0.2) is 47.5 Å². The molecular weight excluding hydrogens is 484 g/mol. The fraction of sp³-hybridized carbons (Fsp3) is 0.208. The molecule has 0 unspecified atom stereocenters. The van der Waals surface area contributed by atoms with Gasteiger partial charge in [0, 0.05) is 30.2 Å². The first-order chi connectivity index (χ1) is 17.1. The van der Waals surface area contributed by atoms with Crippen LogP contribution in [0.3, 0.4) is 0 Å². The maximum atomic E-state index is 13.1. The summed E-state index contributed by atoms with van der Waals surface area (Å²) in [5.74, 6) is 1.72. The van der Waals surface area contributed by atoms with Crippen LogP contribution < -0.4 is 9.47 Å². The summed E-state index contributed by atoms with van der Waals surface area (Å²) in [6.45, 7) is 0.490. The number of aromatic amines is 2. The van der Waals surface area contributed by atoms with Gasteiger partial charge in [0.1, 0.15) is 4.32 Å². The van der Waals surface area contributed by atoms with Crippen molar-refractivity contribution in [2.75, 3.05) is 20.8 Å². The van der Waals surface area contributed by atoms with Crippen LogP contribution in [0.25, 0.3) is 28.1 Å². The van der Waals surface area contributed by atoms with Gasteiger partial charge in [0.2, 0.25) is 0 Å². The van der Waals surface area contributed by atoms with E-state index in [0.717, 1.165) is 27.6 Å². The average Bonchev–Trinajstić information content (AvgIpc) is 3.61. The number of benzene rings is 2. The van der Waals surface area contributed by atoms with Crippen molar-refractivity contribution < 1.29 is 14.3 Å². The SMILES string of the molecule is COc1cc(/C=C2\SC(=S)N(CCCc3nn[nH]n3)C2=O)cc(-c2ccc3[nH]ccc3c2)c1OC. The van der Waals surface area contributed by atoms with E-state index in [4.69, 9.17) is 21.7 Å². The number of thiocarbonyl (C=S) groups is 1. The number of methoxy groups -OCH3 is 2. The number of carbonyl (C=O) groups is 1. The van der Waals surface area contributed by atoms with Gasteiger partial charge in [-0.15, -0.1) is 10.2 Å². The molecule has 1 saturated heterocycles. The number of thioether (sulfide) groups is 1. The van der Waals surface area contributed by atoms with Crippen LogP contribution in [0.4, 0.5) is 0 Å². The Morgan fingerprint density at radius 2 is 2.06 bits per heavy atom. The summed E-state index contributed by atoms with van der Waals surface area (Å²) < 4.78 is 11.9. The quantitative estimate of drug-likeness (QED) is 0.270. The number of nitrogens with one attached hydrogen (secondary N) is 2. The highest BCUT2D eigenvalue weighted by Gasteiger charge is 2.31. The lowest BCUT2D eigenvalue weighted by molar-refractivity contribution is -0.122. The number of hydrogen-bond acceptors (Lipinski definition) is 8. The lowest BCUT2D eigenvalue weighted by Crippen LogP contribution is -2.29. The Hall–Kier alpha value is -3.70. The number of carbonyl (C=O) groups excluding carboxylic acids is 1. The lowest BCUT2D eigenvalue weighted by Gasteiger charge is -2.15. The van der Waals surface area contributed by atoms with E-state index >= 15 is 0 Å². The van der Waals surface area contributed by atoms with Crippen LogP contribution in [-0.2, 0) is 11.2 Å². The standard InChI is InChI=1S/C24H22N6O3S2/c1-32-19-11-14(10-17(22(19)33-2)15-5-6-18-16(13-15)7-8-25-18)12-20-23(31)30(24(34)35-20)9-3-4-21-26-28-29-27-21/h5-8,10-13,25H,3-4,9H2,1-2H3,(H,26,27,28,29)/b20-12-. The first-order valence-corrected chi connectivity index (χ1v) is 12.1. The fourth-order valence-electron chi connectivity index (χ4n) is 4.03. The summed E-state index contributed by atoms with van der Waals surface area (Å²) in [4.78, 5) is 18.5. The van der Waals surface area contributed by atoms with Crippen molar-refractivity contribution in [1.29, 1.82) is 0 Å². The van der Waals surface area contributed by atoms with Crippen molar-refractivity contribution >= 4 is 51.2 Å². The third-order valence-electron chi connectivity index (χ3n) is 5.71. The smallest absolute Gasteiger partial charge is 0.266 e. The zero-order valence-electron chi connectivity index (χ0n) is 19.1. The monoisotopic (exact) mass is 506 g/mol. The molecule has 1 amide bonds. The molecule has 178 valence electrons. The van der Waals surface area contributed by atoms with Gasteiger partial charge < -0.3 is 14.5 Å². The Labute approximate surface area is 210 Å². The molecule has 0 radical (unpaired) electrons. The van der Waals surface area contributed by atoms with E-state index in [1.165, 1.54) is 11.8 Å². The number of fused-ring (bicyclic) bond motifs is 1. The molecule has 4 aromatic rings. The maximum absolute atomic E-state index is 13.1. The van der Waals surface area contributed by atoms with Crippen LogP contribution in [0.5, 0.6) is 11.5 Å². The largest absolute Gasteiger partial charge is 0.493 e. The van der Waals surface area contributed by atoms with Crippen LogP contribution in [0.2, 0.25) is 0 Å². The fourth-order valence-corrected chi connectivity index (χ4v) is 5.34. The van der Waals surface area contributed by atoms with Crippen molar-refractivity contribution in [2.24, 2.45) is 0 Å². The van der Waals surface area contributed by atoms with Crippen molar-refractivity contribution in [3.05, 3.63) is 58.9 Å². The molecule has 0 aliphatic carbocycles. The first-order valence-electron chi connectivity index (χ1n) is 10.9. The van der Waals surface area contributed by atoms with E-state index in [9.17, 15) is 4.79 Å². The molecule has 0 bridgehead atoms. The molecular formula is C24H22N6O3S2. The summed E-state index contributed by atoms with van der Waals surface area (Å²) in [6, 6.07) is 12.0. The Bertz CT molecular complexity index is 1430. The number of amides is 1.